The zero-order valence-corrected chi connectivity index (χ0v) is 8.82. The molecule has 4 nitrogen and oxygen atoms in total. The standard InChI is InChI=1S/C11H14N2O2/c1-11(2)6-8(11)13-9-5-3-4-7(12-9)10(14)15/h3-5,8H,6H2,1-2H3,(H,12,13)(H,14,15). The highest BCUT2D eigenvalue weighted by molar-refractivity contribution is 5.85. The fraction of sp³-hybridized carbons (Fsp3) is 0.455. The Hall–Kier alpha value is -1.58. The maximum absolute atomic E-state index is 10.7. The Balaban J connectivity index is 2.09. The number of aromatic carboxylic acids is 1. The number of carbonyl (C=O) groups is 1. The van der Waals surface area contributed by atoms with E-state index in [1.54, 1.807) is 12.1 Å². The van der Waals surface area contributed by atoms with Crippen LogP contribution in [0.15, 0.2) is 18.2 Å². The van der Waals surface area contributed by atoms with Crippen LogP contribution in [0.25, 0.3) is 0 Å². The van der Waals surface area contributed by atoms with Gasteiger partial charge < -0.3 is 10.4 Å². The highest BCUT2D eigenvalue weighted by Crippen LogP contribution is 2.46. The number of anilines is 1. The smallest absolute Gasteiger partial charge is 0.354 e. The molecule has 2 N–H and O–H groups in total. The first-order valence-corrected chi connectivity index (χ1v) is 4.96. The molecule has 4 heteroatoms. The molecule has 1 heterocycles. The Morgan fingerprint density at radius 2 is 2.27 bits per heavy atom. The molecule has 0 bridgehead atoms. The number of hydrogen-bond acceptors (Lipinski definition) is 3. The normalized spacial score (nSPS) is 22.1. The molecular formula is C11H14N2O2. The summed E-state index contributed by atoms with van der Waals surface area (Å²) in [5, 5.41) is 12.0. The Labute approximate surface area is 88.3 Å². The predicted octanol–water partition coefficient (Wildman–Crippen LogP) is 1.99. The van der Waals surface area contributed by atoms with E-state index < -0.39 is 5.97 Å². The van der Waals surface area contributed by atoms with Crippen molar-refractivity contribution in [3.63, 3.8) is 0 Å². The van der Waals surface area contributed by atoms with Gasteiger partial charge in [-0.05, 0) is 24.0 Å². The van der Waals surface area contributed by atoms with Gasteiger partial charge in [-0.3, -0.25) is 0 Å². The number of nitrogens with zero attached hydrogens (tertiary/aromatic N) is 1. The first kappa shape index (κ1) is 9.96. The number of hydrogen-bond donors (Lipinski definition) is 2. The maximum Gasteiger partial charge on any atom is 0.354 e. The van der Waals surface area contributed by atoms with Gasteiger partial charge in [-0.25, -0.2) is 9.78 Å². The average molecular weight is 206 g/mol. The molecular weight excluding hydrogens is 192 g/mol. The van der Waals surface area contributed by atoms with Crippen molar-refractivity contribution >= 4 is 11.8 Å². The number of carboxylic acids is 1. The van der Waals surface area contributed by atoms with Gasteiger partial charge in [0.1, 0.15) is 5.82 Å². The van der Waals surface area contributed by atoms with Crippen LogP contribution >= 0.6 is 0 Å². The van der Waals surface area contributed by atoms with Crippen LogP contribution in [0, 0.1) is 5.41 Å². The Morgan fingerprint density at radius 1 is 1.60 bits per heavy atom. The molecule has 1 saturated carbocycles. The molecule has 0 radical (unpaired) electrons. The largest absolute Gasteiger partial charge is 0.477 e. The van der Waals surface area contributed by atoms with Crippen LogP contribution in [-0.4, -0.2) is 22.1 Å². The van der Waals surface area contributed by atoms with Crippen molar-refractivity contribution in [2.24, 2.45) is 5.41 Å². The van der Waals surface area contributed by atoms with E-state index in [9.17, 15) is 4.79 Å². The molecule has 1 aliphatic rings. The molecule has 1 aliphatic carbocycles. The third kappa shape index (κ3) is 2.09. The number of carboxylic acid groups (broad SMARTS) is 1. The summed E-state index contributed by atoms with van der Waals surface area (Å²) < 4.78 is 0. The summed E-state index contributed by atoms with van der Waals surface area (Å²) in [6.07, 6.45) is 1.10. The predicted molar refractivity (Wildman–Crippen MR) is 57.0 cm³/mol. The third-order valence-electron chi connectivity index (χ3n) is 2.80. The van der Waals surface area contributed by atoms with Gasteiger partial charge in [-0.2, -0.15) is 0 Å². The molecule has 15 heavy (non-hydrogen) atoms. The monoisotopic (exact) mass is 206 g/mol. The first-order chi connectivity index (χ1) is 6.99. The van der Waals surface area contributed by atoms with Crippen LogP contribution in [0.5, 0.6) is 0 Å². The van der Waals surface area contributed by atoms with E-state index in [0.717, 1.165) is 6.42 Å². The van der Waals surface area contributed by atoms with E-state index in [2.05, 4.69) is 24.1 Å². The molecule has 2 rings (SSSR count). The van der Waals surface area contributed by atoms with Crippen LogP contribution in [-0.2, 0) is 0 Å². The van der Waals surface area contributed by atoms with Gasteiger partial charge in [0.2, 0.25) is 0 Å². The fourth-order valence-electron chi connectivity index (χ4n) is 1.53. The van der Waals surface area contributed by atoms with E-state index in [1.807, 2.05) is 0 Å². The Morgan fingerprint density at radius 3 is 2.80 bits per heavy atom. The molecule has 0 aliphatic heterocycles. The maximum atomic E-state index is 10.7. The van der Waals surface area contributed by atoms with Crippen LogP contribution in [0.4, 0.5) is 5.82 Å². The Bertz CT molecular complexity index is 401. The van der Waals surface area contributed by atoms with E-state index in [4.69, 9.17) is 5.11 Å². The lowest BCUT2D eigenvalue weighted by Gasteiger charge is -2.07. The van der Waals surface area contributed by atoms with Crippen molar-refractivity contribution in [2.45, 2.75) is 26.3 Å². The highest BCUT2D eigenvalue weighted by Gasteiger charge is 2.45. The van der Waals surface area contributed by atoms with E-state index in [1.165, 1.54) is 6.07 Å². The summed E-state index contributed by atoms with van der Waals surface area (Å²) in [5.41, 5.74) is 0.388. The molecule has 1 aromatic rings. The van der Waals surface area contributed by atoms with Crippen molar-refractivity contribution < 1.29 is 9.90 Å². The number of nitrogens with one attached hydrogen (secondary N) is 1. The zero-order valence-electron chi connectivity index (χ0n) is 8.82. The molecule has 1 atom stereocenters. The summed E-state index contributed by atoms with van der Waals surface area (Å²) in [7, 11) is 0. The summed E-state index contributed by atoms with van der Waals surface area (Å²) in [5.74, 6) is -0.348. The van der Waals surface area contributed by atoms with Gasteiger partial charge in [0.05, 0.1) is 0 Å². The summed E-state index contributed by atoms with van der Waals surface area (Å²) in [6, 6.07) is 5.40. The van der Waals surface area contributed by atoms with Crippen LogP contribution in [0.3, 0.4) is 0 Å². The lowest BCUT2D eigenvalue weighted by molar-refractivity contribution is 0.0690. The quantitative estimate of drug-likeness (QED) is 0.793. The number of rotatable bonds is 3. The molecule has 0 saturated heterocycles. The number of pyridine rings is 1. The van der Waals surface area contributed by atoms with E-state index in [0.29, 0.717) is 17.3 Å². The van der Waals surface area contributed by atoms with Gasteiger partial charge in [-0.1, -0.05) is 19.9 Å². The van der Waals surface area contributed by atoms with Crippen molar-refractivity contribution in [1.29, 1.82) is 0 Å². The first-order valence-electron chi connectivity index (χ1n) is 4.96. The van der Waals surface area contributed by atoms with Gasteiger partial charge >= 0.3 is 5.97 Å². The SMILES string of the molecule is CC1(C)CC1Nc1cccc(C(=O)O)n1. The van der Waals surface area contributed by atoms with Crippen LogP contribution in [0.1, 0.15) is 30.8 Å². The lowest BCUT2D eigenvalue weighted by Crippen LogP contribution is -2.11. The van der Waals surface area contributed by atoms with Gasteiger partial charge in [0, 0.05) is 6.04 Å². The highest BCUT2D eigenvalue weighted by atomic mass is 16.4. The lowest BCUT2D eigenvalue weighted by atomic mass is 10.2. The molecule has 0 spiro atoms. The minimum atomic E-state index is -0.992. The molecule has 0 aromatic carbocycles. The summed E-state index contributed by atoms with van der Waals surface area (Å²) in [4.78, 5) is 14.7. The third-order valence-corrected chi connectivity index (χ3v) is 2.80. The minimum absolute atomic E-state index is 0.0819. The average Bonchev–Trinajstić information content (AvgIpc) is 2.74. The van der Waals surface area contributed by atoms with Crippen molar-refractivity contribution in [1.82, 2.24) is 4.98 Å². The molecule has 0 amide bonds. The van der Waals surface area contributed by atoms with Crippen LogP contribution in [0.2, 0.25) is 0 Å². The summed E-state index contributed by atoms with van der Waals surface area (Å²) >= 11 is 0. The second-order valence-electron chi connectivity index (χ2n) is 4.60. The second-order valence-corrected chi connectivity index (χ2v) is 4.60. The Kier molecular flexibility index (Phi) is 2.14. The molecule has 1 aromatic heterocycles. The molecule has 1 unspecified atom stereocenters. The zero-order chi connectivity index (χ0) is 11.1. The van der Waals surface area contributed by atoms with Crippen molar-refractivity contribution in [2.75, 3.05) is 5.32 Å². The fourth-order valence-corrected chi connectivity index (χ4v) is 1.53. The topological polar surface area (TPSA) is 62.2 Å². The minimum Gasteiger partial charge on any atom is -0.477 e. The van der Waals surface area contributed by atoms with Gasteiger partial charge in [0.25, 0.3) is 0 Å². The number of aromatic nitrogens is 1. The summed E-state index contributed by atoms with van der Waals surface area (Å²) in [6.45, 7) is 4.34. The van der Waals surface area contributed by atoms with Crippen molar-refractivity contribution in [3.05, 3.63) is 23.9 Å². The van der Waals surface area contributed by atoms with E-state index in [-0.39, 0.29) is 5.69 Å². The van der Waals surface area contributed by atoms with Crippen LogP contribution < -0.4 is 5.32 Å². The van der Waals surface area contributed by atoms with Gasteiger partial charge in [-0.15, -0.1) is 0 Å². The van der Waals surface area contributed by atoms with Gasteiger partial charge in [0.15, 0.2) is 5.69 Å². The van der Waals surface area contributed by atoms with Crippen molar-refractivity contribution in [3.8, 4) is 0 Å². The second kappa shape index (κ2) is 3.22. The molecule has 1 fully saturated rings. The molecule has 80 valence electrons. The van der Waals surface area contributed by atoms with E-state index >= 15 is 0 Å².